The third kappa shape index (κ3) is 2.17. The lowest BCUT2D eigenvalue weighted by Gasteiger charge is -2.30. The summed E-state index contributed by atoms with van der Waals surface area (Å²) in [7, 11) is 0. The summed E-state index contributed by atoms with van der Waals surface area (Å²) in [6.07, 6.45) is 3.39. The Kier molecular flexibility index (Phi) is 2.14. The minimum Gasteiger partial charge on any atom is -0.376 e. The second-order valence-corrected chi connectivity index (χ2v) is 3.88. The second kappa shape index (κ2) is 3.11. The molecular weight excluding hydrogens is 138 g/mol. The smallest absolute Gasteiger partial charge is 0.0674 e. The van der Waals surface area contributed by atoms with Gasteiger partial charge in [0.15, 0.2) is 0 Å². The van der Waals surface area contributed by atoms with E-state index in [9.17, 15) is 0 Å². The number of rotatable bonds is 2. The van der Waals surface area contributed by atoms with Crippen molar-refractivity contribution in [2.24, 2.45) is 5.92 Å². The molecule has 1 heterocycles. The van der Waals surface area contributed by atoms with E-state index >= 15 is 0 Å². The van der Waals surface area contributed by atoms with Crippen LogP contribution in [0, 0.1) is 5.92 Å². The van der Waals surface area contributed by atoms with Crippen LogP contribution in [0.4, 0.5) is 0 Å². The summed E-state index contributed by atoms with van der Waals surface area (Å²) < 4.78 is 5.47. The van der Waals surface area contributed by atoms with Gasteiger partial charge in [0, 0.05) is 19.6 Å². The van der Waals surface area contributed by atoms with Gasteiger partial charge in [-0.05, 0) is 25.7 Å². The minimum atomic E-state index is 0.461. The molecule has 2 rings (SSSR count). The SMILES string of the molecule is CC1CN(CC2CC2)CCO1. The zero-order valence-corrected chi connectivity index (χ0v) is 7.25. The molecule has 2 aliphatic rings. The maximum absolute atomic E-state index is 5.47. The molecule has 2 nitrogen and oxygen atoms in total. The molecular formula is C9H17NO. The van der Waals surface area contributed by atoms with E-state index < -0.39 is 0 Å². The number of hydrogen-bond donors (Lipinski definition) is 0. The van der Waals surface area contributed by atoms with E-state index in [-0.39, 0.29) is 0 Å². The molecule has 0 aromatic heterocycles. The lowest BCUT2D eigenvalue weighted by molar-refractivity contribution is -0.0196. The number of nitrogens with zero attached hydrogens (tertiary/aromatic N) is 1. The molecule has 1 aliphatic carbocycles. The minimum absolute atomic E-state index is 0.461. The fourth-order valence-corrected chi connectivity index (χ4v) is 1.72. The molecule has 1 atom stereocenters. The molecule has 1 unspecified atom stereocenters. The monoisotopic (exact) mass is 155 g/mol. The van der Waals surface area contributed by atoms with Crippen LogP contribution in [0.2, 0.25) is 0 Å². The Labute approximate surface area is 68.5 Å². The zero-order valence-electron chi connectivity index (χ0n) is 7.25. The molecule has 1 saturated heterocycles. The molecule has 0 amide bonds. The van der Waals surface area contributed by atoms with Crippen molar-refractivity contribution in [3.05, 3.63) is 0 Å². The van der Waals surface area contributed by atoms with Crippen LogP contribution in [-0.2, 0) is 4.74 Å². The summed E-state index contributed by atoms with van der Waals surface area (Å²) in [4.78, 5) is 2.55. The van der Waals surface area contributed by atoms with Crippen LogP contribution in [-0.4, -0.2) is 37.2 Å². The molecule has 0 aromatic carbocycles. The Hall–Kier alpha value is -0.0800. The maximum Gasteiger partial charge on any atom is 0.0674 e. The Morgan fingerprint density at radius 3 is 2.91 bits per heavy atom. The fourth-order valence-electron chi connectivity index (χ4n) is 1.72. The quantitative estimate of drug-likeness (QED) is 0.592. The highest BCUT2D eigenvalue weighted by atomic mass is 16.5. The highest BCUT2D eigenvalue weighted by molar-refractivity contribution is 4.79. The van der Waals surface area contributed by atoms with E-state index in [2.05, 4.69) is 11.8 Å². The first-order valence-corrected chi connectivity index (χ1v) is 4.68. The van der Waals surface area contributed by atoms with Crippen LogP contribution in [0.15, 0.2) is 0 Å². The van der Waals surface area contributed by atoms with Crippen LogP contribution >= 0.6 is 0 Å². The first-order chi connectivity index (χ1) is 5.34. The van der Waals surface area contributed by atoms with Crippen molar-refractivity contribution in [1.82, 2.24) is 4.90 Å². The summed E-state index contributed by atoms with van der Waals surface area (Å²) in [5, 5.41) is 0. The van der Waals surface area contributed by atoms with Crippen molar-refractivity contribution < 1.29 is 4.74 Å². The van der Waals surface area contributed by atoms with Gasteiger partial charge >= 0.3 is 0 Å². The third-order valence-electron chi connectivity index (χ3n) is 2.54. The van der Waals surface area contributed by atoms with E-state index in [1.807, 2.05) is 0 Å². The van der Waals surface area contributed by atoms with Crippen molar-refractivity contribution in [2.75, 3.05) is 26.2 Å². The van der Waals surface area contributed by atoms with E-state index in [0.29, 0.717) is 6.10 Å². The highest BCUT2D eigenvalue weighted by Crippen LogP contribution is 2.30. The van der Waals surface area contributed by atoms with Crippen molar-refractivity contribution in [2.45, 2.75) is 25.9 Å². The first-order valence-electron chi connectivity index (χ1n) is 4.68. The van der Waals surface area contributed by atoms with E-state index in [4.69, 9.17) is 4.74 Å². The molecule has 64 valence electrons. The predicted molar refractivity (Wildman–Crippen MR) is 44.6 cm³/mol. The van der Waals surface area contributed by atoms with Gasteiger partial charge in [0.25, 0.3) is 0 Å². The third-order valence-corrected chi connectivity index (χ3v) is 2.54. The predicted octanol–water partition coefficient (Wildman–Crippen LogP) is 1.12. The maximum atomic E-state index is 5.47. The molecule has 0 aromatic rings. The largest absolute Gasteiger partial charge is 0.376 e. The first kappa shape index (κ1) is 7.56. The van der Waals surface area contributed by atoms with Crippen molar-refractivity contribution >= 4 is 0 Å². The number of ether oxygens (including phenoxy) is 1. The lowest BCUT2D eigenvalue weighted by atomic mass is 10.3. The highest BCUT2D eigenvalue weighted by Gasteiger charge is 2.26. The van der Waals surface area contributed by atoms with Crippen LogP contribution in [0.25, 0.3) is 0 Å². The van der Waals surface area contributed by atoms with Crippen molar-refractivity contribution in [1.29, 1.82) is 0 Å². The average Bonchev–Trinajstić information content (AvgIpc) is 2.71. The van der Waals surface area contributed by atoms with Gasteiger partial charge < -0.3 is 4.74 Å². The van der Waals surface area contributed by atoms with Crippen LogP contribution in [0.1, 0.15) is 19.8 Å². The van der Waals surface area contributed by atoms with E-state index in [1.165, 1.54) is 19.4 Å². The number of morpholine rings is 1. The topological polar surface area (TPSA) is 12.5 Å². The van der Waals surface area contributed by atoms with Crippen molar-refractivity contribution in [3.8, 4) is 0 Å². The van der Waals surface area contributed by atoms with Crippen LogP contribution in [0.5, 0.6) is 0 Å². The van der Waals surface area contributed by atoms with Gasteiger partial charge in [0.05, 0.1) is 12.7 Å². The van der Waals surface area contributed by atoms with Crippen LogP contribution in [0.3, 0.4) is 0 Å². The van der Waals surface area contributed by atoms with E-state index in [1.54, 1.807) is 0 Å². The summed E-state index contributed by atoms with van der Waals surface area (Å²) in [5.74, 6) is 1.03. The molecule has 0 N–H and O–H groups in total. The van der Waals surface area contributed by atoms with Gasteiger partial charge in [-0.1, -0.05) is 0 Å². The summed E-state index contributed by atoms with van der Waals surface area (Å²) >= 11 is 0. The molecule has 1 saturated carbocycles. The van der Waals surface area contributed by atoms with Gasteiger partial charge in [0.2, 0.25) is 0 Å². The van der Waals surface area contributed by atoms with Gasteiger partial charge in [-0.3, -0.25) is 4.90 Å². The normalized spacial score (nSPS) is 34.1. The van der Waals surface area contributed by atoms with Gasteiger partial charge in [-0.25, -0.2) is 0 Å². The molecule has 0 bridgehead atoms. The average molecular weight is 155 g/mol. The Morgan fingerprint density at radius 2 is 2.27 bits per heavy atom. The lowest BCUT2D eigenvalue weighted by Crippen LogP contribution is -2.41. The standard InChI is InChI=1S/C9H17NO/c1-8-6-10(4-5-11-8)7-9-2-3-9/h8-9H,2-7H2,1H3. The van der Waals surface area contributed by atoms with E-state index in [0.717, 1.165) is 25.6 Å². The molecule has 2 fully saturated rings. The Bertz CT molecular complexity index is 132. The summed E-state index contributed by atoms with van der Waals surface area (Å²) in [6.45, 7) is 6.73. The van der Waals surface area contributed by atoms with Crippen LogP contribution < -0.4 is 0 Å². The van der Waals surface area contributed by atoms with Gasteiger partial charge in [-0.2, -0.15) is 0 Å². The number of hydrogen-bond acceptors (Lipinski definition) is 2. The van der Waals surface area contributed by atoms with Gasteiger partial charge in [-0.15, -0.1) is 0 Å². The van der Waals surface area contributed by atoms with Gasteiger partial charge in [0.1, 0.15) is 0 Å². The Morgan fingerprint density at radius 1 is 1.45 bits per heavy atom. The molecule has 0 spiro atoms. The zero-order chi connectivity index (χ0) is 7.68. The molecule has 1 aliphatic heterocycles. The molecule has 2 heteroatoms. The second-order valence-electron chi connectivity index (χ2n) is 3.88. The molecule has 11 heavy (non-hydrogen) atoms. The molecule has 0 radical (unpaired) electrons. The fraction of sp³-hybridized carbons (Fsp3) is 1.00. The Balaban J connectivity index is 1.73. The van der Waals surface area contributed by atoms with Crippen molar-refractivity contribution in [3.63, 3.8) is 0 Å². The summed E-state index contributed by atoms with van der Waals surface area (Å²) in [6, 6.07) is 0. The summed E-state index contributed by atoms with van der Waals surface area (Å²) in [5.41, 5.74) is 0.